The van der Waals surface area contributed by atoms with Crippen LogP contribution in [-0.2, 0) is 7.05 Å². The second kappa shape index (κ2) is 3.23. The van der Waals surface area contributed by atoms with Gasteiger partial charge in [0.05, 0.1) is 5.56 Å². The van der Waals surface area contributed by atoms with E-state index in [0.717, 1.165) is 0 Å². The number of nitrogen functional groups attached to an aromatic ring is 2. The molecule has 1 aromatic carbocycles. The Morgan fingerprint density at radius 2 is 2.07 bits per heavy atom. The van der Waals surface area contributed by atoms with Gasteiger partial charge in [-0.15, -0.1) is 5.10 Å². The van der Waals surface area contributed by atoms with Crippen molar-refractivity contribution in [3.05, 3.63) is 24.0 Å². The average Bonchev–Trinajstić information content (AvgIpc) is 2.51. The predicted octanol–water partition coefficient (Wildman–Crippen LogP) is 0.786. The minimum absolute atomic E-state index is 0.229. The van der Waals surface area contributed by atoms with Gasteiger partial charge in [-0.1, -0.05) is 0 Å². The van der Waals surface area contributed by atoms with Crippen LogP contribution in [0.3, 0.4) is 0 Å². The van der Waals surface area contributed by atoms with Gasteiger partial charge in [0.25, 0.3) is 0 Å². The molecule has 2 aromatic rings. The van der Waals surface area contributed by atoms with Crippen molar-refractivity contribution in [3.63, 3.8) is 0 Å². The SMILES string of the molecule is Cn1nc(-c2cc(N)ccc2F)nc1N. The van der Waals surface area contributed by atoms with Crippen molar-refractivity contribution in [1.29, 1.82) is 0 Å². The highest BCUT2D eigenvalue weighted by atomic mass is 19.1. The molecular weight excluding hydrogens is 197 g/mol. The standard InChI is InChI=1S/C9H10FN5/c1-15-9(12)13-8(14-15)6-4-5(11)2-3-7(6)10/h2-4H,11H2,1H3,(H2,12,13,14). The molecule has 1 heterocycles. The first-order valence-corrected chi connectivity index (χ1v) is 4.30. The van der Waals surface area contributed by atoms with Crippen LogP contribution in [0.5, 0.6) is 0 Å². The third-order valence-electron chi connectivity index (χ3n) is 2.03. The number of nitrogens with two attached hydrogens (primary N) is 2. The Hall–Kier alpha value is -2.11. The molecule has 2 rings (SSSR count). The molecule has 0 aliphatic rings. The third kappa shape index (κ3) is 1.61. The first-order chi connectivity index (χ1) is 7.08. The normalized spacial score (nSPS) is 10.5. The molecule has 0 radical (unpaired) electrons. The predicted molar refractivity (Wildman–Crippen MR) is 55.2 cm³/mol. The van der Waals surface area contributed by atoms with Crippen molar-refractivity contribution in [1.82, 2.24) is 14.8 Å². The fraction of sp³-hybridized carbons (Fsp3) is 0.111. The van der Waals surface area contributed by atoms with Crippen molar-refractivity contribution in [2.24, 2.45) is 7.05 Å². The van der Waals surface area contributed by atoms with E-state index in [2.05, 4.69) is 10.1 Å². The van der Waals surface area contributed by atoms with Gasteiger partial charge >= 0.3 is 0 Å². The molecule has 0 saturated carbocycles. The molecule has 0 aliphatic heterocycles. The van der Waals surface area contributed by atoms with Crippen molar-refractivity contribution >= 4 is 11.6 Å². The van der Waals surface area contributed by atoms with Crippen molar-refractivity contribution in [2.45, 2.75) is 0 Å². The molecule has 1 aromatic heterocycles. The van der Waals surface area contributed by atoms with E-state index in [1.807, 2.05) is 0 Å². The Kier molecular flexibility index (Phi) is 2.03. The summed E-state index contributed by atoms with van der Waals surface area (Å²) in [5, 5.41) is 3.97. The van der Waals surface area contributed by atoms with Gasteiger partial charge in [-0.25, -0.2) is 9.07 Å². The van der Waals surface area contributed by atoms with Gasteiger partial charge in [0.2, 0.25) is 5.95 Å². The number of benzene rings is 1. The number of aryl methyl sites for hydroxylation is 1. The van der Waals surface area contributed by atoms with E-state index < -0.39 is 5.82 Å². The number of nitrogens with zero attached hydrogens (tertiary/aromatic N) is 3. The number of hydrogen-bond acceptors (Lipinski definition) is 4. The van der Waals surface area contributed by atoms with Gasteiger partial charge in [-0.3, -0.25) is 0 Å². The van der Waals surface area contributed by atoms with Crippen LogP contribution in [0.1, 0.15) is 0 Å². The maximum Gasteiger partial charge on any atom is 0.218 e. The highest BCUT2D eigenvalue weighted by molar-refractivity contribution is 5.62. The Balaban J connectivity index is 2.58. The van der Waals surface area contributed by atoms with Crippen LogP contribution in [0.4, 0.5) is 16.0 Å². The topological polar surface area (TPSA) is 82.8 Å². The lowest BCUT2D eigenvalue weighted by Crippen LogP contribution is -1.97. The Morgan fingerprint density at radius 3 is 2.67 bits per heavy atom. The minimum Gasteiger partial charge on any atom is -0.399 e. The Morgan fingerprint density at radius 1 is 1.33 bits per heavy atom. The largest absolute Gasteiger partial charge is 0.399 e. The summed E-state index contributed by atoms with van der Waals surface area (Å²) in [6, 6.07) is 4.23. The van der Waals surface area contributed by atoms with E-state index >= 15 is 0 Å². The molecule has 6 heteroatoms. The zero-order valence-electron chi connectivity index (χ0n) is 8.11. The monoisotopic (exact) mass is 207 g/mol. The first-order valence-electron chi connectivity index (χ1n) is 4.30. The zero-order valence-corrected chi connectivity index (χ0v) is 8.11. The van der Waals surface area contributed by atoms with Gasteiger partial charge in [0, 0.05) is 12.7 Å². The lowest BCUT2D eigenvalue weighted by Gasteiger charge is -1.99. The molecule has 0 fully saturated rings. The molecule has 0 unspecified atom stereocenters. The Bertz CT molecular complexity index is 486. The van der Waals surface area contributed by atoms with Crippen LogP contribution in [-0.4, -0.2) is 14.8 Å². The molecule has 0 amide bonds. The number of anilines is 2. The summed E-state index contributed by atoms with van der Waals surface area (Å²) in [4.78, 5) is 3.92. The number of rotatable bonds is 1. The minimum atomic E-state index is -0.421. The fourth-order valence-electron chi connectivity index (χ4n) is 1.22. The van der Waals surface area contributed by atoms with Crippen LogP contribution in [0.2, 0.25) is 0 Å². The maximum absolute atomic E-state index is 13.4. The lowest BCUT2D eigenvalue weighted by atomic mass is 10.2. The highest BCUT2D eigenvalue weighted by Gasteiger charge is 2.11. The van der Waals surface area contributed by atoms with Gasteiger partial charge in [0.15, 0.2) is 5.82 Å². The third-order valence-corrected chi connectivity index (χ3v) is 2.03. The number of halogens is 1. The summed E-state index contributed by atoms with van der Waals surface area (Å²) >= 11 is 0. The van der Waals surface area contributed by atoms with Crippen molar-refractivity contribution in [2.75, 3.05) is 11.5 Å². The summed E-state index contributed by atoms with van der Waals surface area (Å²) < 4.78 is 14.8. The quantitative estimate of drug-likeness (QED) is 0.677. The van der Waals surface area contributed by atoms with Crippen LogP contribution in [0, 0.1) is 5.82 Å². The summed E-state index contributed by atoms with van der Waals surface area (Å²) in [6.07, 6.45) is 0. The van der Waals surface area contributed by atoms with E-state index in [9.17, 15) is 4.39 Å². The molecule has 0 atom stereocenters. The molecule has 0 spiro atoms. The second-order valence-corrected chi connectivity index (χ2v) is 3.16. The molecule has 4 N–H and O–H groups in total. The van der Waals surface area contributed by atoms with Crippen molar-refractivity contribution in [3.8, 4) is 11.4 Å². The Labute approximate surface area is 85.5 Å². The van der Waals surface area contributed by atoms with E-state index in [1.165, 1.54) is 22.9 Å². The van der Waals surface area contributed by atoms with Crippen LogP contribution in [0.15, 0.2) is 18.2 Å². The van der Waals surface area contributed by atoms with Gasteiger partial charge in [0.1, 0.15) is 5.82 Å². The number of hydrogen-bond donors (Lipinski definition) is 2. The van der Waals surface area contributed by atoms with Crippen LogP contribution in [0.25, 0.3) is 11.4 Å². The summed E-state index contributed by atoms with van der Waals surface area (Å²) in [6.45, 7) is 0. The summed E-state index contributed by atoms with van der Waals surface area (Å²) in [7, 11) is 1.63. The summed E-state index contributed by atoms with van der Waals surface area (Å²) in [5.74, 6) is 0.0430. The van der Waals surface area contributed by atoms with E-state index in [4.69, 9.17) is 11.5 Å². The van der Waals surface area contributed by atoms with Gasteiger partial charge in [-0.2, -0.15) is 4.98 Å². The van der Waals surface area contributed by atoms with Crippen LogP contribution >= 0.6 is 0 Å². The van der Waals surface area contributed by atoms with E-state index in [1.54, 1.807) is 7.05 Å². The van der Waals surface area contributed by atoms with Crippen molar-refractivity contribution < 1.29 is 4.39 Å². The average molecular weight is 207 g/mol. The molecule has 5 nitrogen and oxygen atoms in total. The molecule has 78 valence electrons. The molecule has 0 saturated heterocycles. The highest BCUT2D eigenvalue weighted by Crippen LogP contribution is 2.22. The number of aromatic nitrogens is 3. The zero-order chi connectivity index (χ0) is 11.0. The van der Waals surface area contributed by atoms with Gasteiger partial charge < -0.3 is 11.5 Å². The van der Waals surface area contributed by atoms with E-state index in [-0.39, 0.29) is 17.3 Å². The van der Waals surface area contributed by atoms with Gasteiger partial charge in [-0.05, 0) is 18.2 Å². The molecule has 0 aliphatic carbocycles. The maximum atomic E-state index is 13.4. The summed E-state index contributed by atoms with van der Waals surface area (Å²) in [5.41, 5.74) is 11.8. The fourth-order valence-corrected chi connectivity index (χ4v) is 1.22. The first kappa shape index (κ1) is 9.45. The molecule has 15 heavy (non-hydrogen) atoms. The lowest BCUT2D eigenvalue weighted by molar-refractivity contribution is 0.629. The second-order valence-electron chi connectivity index (χ2n) is 3.16. The van der Waals surface area contributed by atoms with E-state index in [0.29, 0.717) is 5.69 Å². The smallest absolute Gasteiger partial charge is 0.218 e. The molecular formula is C9H10FN5. The van der Waals surface area contributed by atoms with Crippen LogP contribution < -0.4 is 11.5 Å². The molecule has 0 bridgehead atoms.